The third-order valence-electron chi connectivity index (χ3n) is 4.84. The summed E-state index contributed by atoms with van der Waals surface area (Å²) in [6, 6.07) is 0. The highest BCUT2D eigenvalue weighted by Crippen LogP contribution is 2.21. The van der Waals surface area contributed by atoms with Crippen molar-refractivity contribution in [3.63, 3.8) is 0 Å². The first-order chi connectivity index (χ1) is 11.0. The lowest BCUT2D eigenvalue weighted by Gasteiger charge is -2.35. The normalized spacial score (nSPS) is 23.1. The number of amides is 2. The van der Waals surface area contributed by atoms with Gasteiger partial charge in [0.1, 0.15) is 0 Å². The van der Waals surface area contributed by atoms with E-state index in [0.29, 0.717) is 18.9 Å². The molecule has 2 amide bonds. The Morgan fingerprint density at radius 2 is 1.91 bits per heavy atom. The predicted octanol–water partition coefficient (Wildman–Crippen LogP) is 0.672. The summed E-state index contributed by atoms with van der Waals surface area (Å²) in [5.74, 6) is 0.748. The molecule has 0 aromatic heterocycles. The molecule has 132 valence electrons. The minimum atomic E-state index is -0.139. The van der Waals surface area contributed by atoms with Crippen LogP contribution < -0.4 is 0 Å². The van der Waals surface area contributed by atoms with E-state index in [1.54, 1.807) is 7.11 Å². The standard InChI is InChI=1S/C17H31N3O3/c1-14(2)4-5-20-13-15(12-16(20)21)17(22)19-8-6-18(7-9-19)10-11-23-3/h14-15H,4-13H2,1-3H3. The maximum absolute atomic E-state index is 12.7. The number of ether oxygens (including phenoxy) is 1. The van der Waals surface area contributed by atoms with Gasteiger partial charge in [0.15, 0.2) is 0 Å². The van der Waals surface area contributed by atoms with Crippen molar-refractivity contribution < 1.29 is 14.3 Å². The number of hydrogen-bond donors (Lipinski definition) is 0. The van der Waals surface area contributed by atoms with Gasteiger partial charge in [0.2, 0.25) is 11.8 Å². The molecule has 1 unspecified atom stereocenters. The van der Waals surface area contributed by atoms with Crippen LogP contribution in [0.3, 0.4) is 0 Å². The molecule has 0 spiro atoms. The highest BCUT2D eigenvalue weighted by Gasteiger charge is 2.36. The average Bonchev–Trinajstić information content (AvgIpc) is 2.91. The molecule has 1 atom stereocenters. The molecular formula is C17H31N3O3. The lowest BCUT2D eigenvalue weighted by molar-refractivity contribution is -0.137. The fourth-order valence-electron chi connectivity index (χ4n) is 3.24. The fourth-order valence-corrected chi connectivity index (χ4v) is 3.24. The second kappa shape index (κ2) is 8.64. The first-order valence-corrected chi connectivity index (χ1v) is 8.79. The van der Waals surface area contributed by atoms with E-state index in [4.69, 9.17) is 4.74 Å². The Balaban J connectivity index is 1.77. The number of likely N-dealkylation sites (tertiary alicyclic amines) is 1. The Labute approximate surface area is 139 Å². The number of nitrogens with zero attached hydrogens (tertiary/aromatic N) is 3. The Kier molecular flexibility index (Phi) is 6.84. The van der Waals surface area contributed by atoms with Gasteiger partial charge in [-0.3, -0.25) is 14.5 Å². The molecule has 0 bridgehead atoms. The zero-order valence-electron chi connectivity index (χ0n) is 14.8. The molecule has 2 saturated heterocycles. The van der Waals surface area contributed by atoms with Gasteiger partial charge in [-0.25, -0.2) is 0 Å². The zero-order chi connectivity index (χ0) is 16.8. The molecule has 2 heterocycles. The molecule has 2 rings (SSSR count). The monoisotopic (exact) mass is 325 g/mol. The van der Waals surface area contributed by atoms with Crippen LogP contribution in [-0.2, 0) is 14.3 Å². The third kappa shape index (κ3) is 5.18. The molecule has 0 aromatic rings. The van der Waals surface area contributed by atoms with E-state index in [1.807, 2.05) is 9.80 Å². The largest absolute Gasteiger partial charge is 0.383 e. The molecule has 0 N–H and O–H groups in total. The maximum Gasteiger partial charge on any atom is 0.228 e. The van der Waals surface area contributed by atoms with E-state index in [-0.39, 0.29) is 17.7 Å². The van der Waals surface area contributed by atoms with Crippen molar-refractivity contribution in [2.75, 3.05) is 59.5 Å². The molecule has 0 radical (unpaired) electrons. The highest BCUT2D eigenvalue weighted by atomic mass is 16.5. The molecule has 23 heavy (non-hydrogen) atoms. The van der Waals surface area contributed by atoms with Crippen LogP contribution >= 0.6 is 0 Å². The summed E-state index contributed by atoms with van der Waals surface area (Å²) in [5, 5.41) is 0. The SMILES string of the molecule is COCCN1CCN(C(=O)C2CC(=O)N(CCC(C)C)C2)CC1. The molecule has 0 saturated carbocycles. The van der Waals surface area contributed by atoms with Crippen molar-refractivity contribution in [2.45, 2.75) is 26.7 Å². The quantitative estimate of drug-likeness (QED) is 0.690. The summed E-state index contributed by atoms with van der Waals surface area (Å²) in [6.07, 6.45) is 1.39. The van der Waals surface area contributed by atoms with Gasteiger partial charge in [0.25, 0.3) is 0 Å². The van der Waals surface area contributed by atoms with Crippen LogP contribution in [0.4, 0.5) is 0 Å². The van der Waals surface area contributed by atoms with Crippen molar-refractivity contribution in [3.8, 4) is 0 Å². The van der Waals surface area contributed by atoms with E-state index < -0.39 is 0 Å². The molecule has 6 heteroatoms. The molecular weight excluding hydrogens is 294 g/mol. The summed E-state index contributed by atoms with van der Waals surface area (Å²) < 4.78 is 5.10. The van der Waals surface area contributed by atoms with Gasteiger partial charge in [0, 0.05) is 59.3 Å². The number of hydrogen-bond acceptors (Lipinski definition) is 4. The number of carbonyl (C=O) groups excluding carboxylic acids is 2. The van der Waals surface area contributed by atoms with Gasteiger partial charge in [-0.2, -0.15) is 0 Å². The van der Waals surface area contributed by atoms with E-state index in [0.717, 1.165) is 52.3 Å². The average molecular weight is 325 g/mol. The first kappa shape index (κ1) is 18.2. The van der Waals surface area contributed by atoms with Crippen molar-refractivity contribution in [1.82, 2.24) is 14.7 Å². The minimum Gasteiger partial charge on any atom is -0.383 e. The van der Waals surface area contributed by atoms with Crippen LogP contribution in [0.2, 0.25) is 0 Å². The second-order valence-corrected chi connectivity index (χ2v) is 7.08. The van der Waals surface area contributed by atoms with Gasteiger partial charge in [-0.15, -0.1) is 0 Å². The van der Waals surface area contributed by atoms with Crippen molar-refractivity contribution in [2.24, 2.45) is 11.8 Å². The second-order valence-electron chi connectivity index (χ2n) is 7.08. The smallest absolute Gasteiger partial charge is 0.228 e. The minimum absolute atomic E-state index is 0.139. The van der Waals surface area contributed by atoms with E-state index >= 15 is 0 Å². The van der Waals surface area contributed by atoms with Crippen LogP contribution in [0.1, 0.15) is 26.7 Å². The molecule has 0 aromatic carbocycles. The van der Waals surface area contributed by atoms with E-state index in [2.05, 4.69) is 18.7 Å². The van der Waals surface area contributed by atoms with Gasteiger partial charge >= 0.3 is 0 Å². The maximum atomic E-state index is 12.7. The first-order valence-electron chi connectivity index (χ1n) is 8.79. The highest BCUT2D eigenvalue weighted by molar-refractivity contribution is 5.89. The summed E-state index contributed by atoms with van der Waals surface area (Å²) in [6.45, 7) is 10.7. The third-order valence-corrected chi connectivity index (χ3v) is 4.84. The number of rotatable bonds is 7. The fraction of sp³-hybridized carbons (Fsp3) is 0.882. The summed E-state index contributed by atoms with van der Waals surface area (Å²) in [7, 11) is 1.71. The van der Waals surface area contributed by atoms with Crippen molar-refractivity contribution in [3.05, 3.63) is 0 Å². The van der Waals surface area contributed by atoms with Crippen LogP contribution in [0.15, 0.2) is 0 Å². The van der Waals surface area contributed by atoms with Crippen LogP contribution in [0.25, 0.3) is 0 Å². The van der Waals surface area contributed by atoms with E-state index in [9.17, 15) is 9.59 Å². The lowest BCUT2D eigenvalue weighted by Crippen LogP contribution is -2.51. The van der Waals surface area contributed by atoms with Gasteiger partial charge in [-0.05, 0) is 12.3 Å². The Morgan fingerprint density at radius 3 is 2.52 bits per heavy atom. The van der Waals surface area contributed by atoms with Gasteiger partial charge in [-0.1, -0.05) is 13.8 Å². The van der Waals surface area contributed by atoms with Gasteiger partial charge < -0.3 is 14.5 Å². The summed E-state index contributed by atoms with van der Waals surface area (Å²) in [4.78, 5) is 30.9. The zero-order valence-corrected chi connectivity index (χ0v) is 14.8. The van der Waals surface area contributed by atoms with Crippen LogP contribution in [-0.4, -0.2) is 86.0 Å². The van der Waals surface area contributed by atoms with Crippen molar-refractivity contribution in [1.29, 1.82) is 0 Å². The number of carbonyl (C=O) groups is 2. The van der Waals surface area contributed by atoms with Crippen LogP contribution in [0.5, 0.6) is 0 Å². The number of piperazine rings is 1. The molecule has 6 nitrogen and oxygen atoms in total. The summed E-state index contributed by atoms with van der Waals surface area (Å²) in [5.41, 5.74) is 0. The lowest BCUT2D eigenvalue weighted by atomic mass is 10.1. The number of methoxy groups -OCH3 is 1. The topological polar surface area (TPSA) is 53.1 Å². The van der Waals surface area contributed by atoms with E-state index in [1.165, 1.54) is 0 Å². The Hall–Kier alpha value is -1.14. The predicted molar refractivity (Wildman–Crippen MR) is 89.0 cm³/mol. The molecule has 2 fully saturated rings. The van der Waals surface area contributed by atoms with Crippen LogP contribution in [0, 0.1) is 11.8 Å². The molecule has 2 aliphatic rings. The molecule has 0 aliphatic carbocycles. The Bertz CT molecular complexity index is 406. The molecule has 2 aliphatic heterocycles. The summed E-state index contributed by atoms with van der Waals surface area (Å²) >= 11 is 0. The van der Waals surface area contributed by atoms with Crippen molar-refractivity contribution >= 4 is 11.8 Å². The Morgan fingerprint density at radius 1 is 1.22 bits per heavy atom. The van der Waals surface area contributed by atoms with Gasteiger partial charge in [0.05, 0.1) is 12.5 Å².